The number of quaternary nitrogens is 1. The van der Waals surface area contributed by atoms with Crippen molar-refractivity contribution in [3.05, 3.63) is 73.3 Å². The van der Waals surface area contributed by atoms with E-state index < -0.39 is 11.4 Å². The van der Waals surface area contributed by atoms with Gasteiger partial charge < -0.3 is 14.8 Å². The van der Waals surface area contributed by atoms with Crippen LogP contribution < -0.4 is 10.9 Å². The van der Waals surface area contributed by atoms with Crippen molar-refractivity contribution in [2.45, 2.75) is 26.4 Å². The van der Waals surface area contributed by atoms with Crippen molar-refractivity contribution in [3.63, 3.8) is 0 Å². The lowest BCUT2D eigenvalue weighted by Gasteiger charge is -2.14. The molecule has 2 aromatic carbocycles. The summed E-state index contributed by atoms with van der Waals surface area (Å²) in [7, 11) is 0. The Bertz CT molecular complexity index is 1050. The lowest BCUT2D eigenvalue weighted by Crippen LogP contribution is -2.83. The van der Waals surface area contributed by atoms with Gasteiger partial charge in [0.25, 0.3) is 0 Å². The zero-order chi connectivity index (χ0) is 19.0. The van der Waals surface area contributed by atoms with Gasteiger partial charge in [-0.2, -0.15) is 0 Å². The van der Waals surface area contributed by atoms with Gasteiger partial charge in [0.05, 0.1) is 10.0 Å². The molecule has 3 rings (SSSR count). The number of hydrogen-bond donors (Lipinski definition) is 2. The maximum Gasteiger partial charge on any atom is 0.336 e. The normalized spacial score (nSPS) is 12.5. The highest BCUT2D eigenvalue weighted by Gasteiger charge is 2.18. The first-order valence-corrected chi connectivity index (χ1v) is 8.76. The number of rotatable bonds is 4. The smallest absolute Gasteiger partial charge is 0.336 e. The van der Waals surface area contributed by atoms with Crippen molar-refractivity contribution in [2.75, 3.05) is 0 Å². The number of halogens is 3. The molecule has 3 N–H and O–H groups in total. The van der Waals surface area contributed by atoms with E-state index in [1.165, 1.54) is 18.2 Å². The Morgan fingerprint density at radius 1 is 1.23 bits per heavy atom. The highest BCUT2D eigenvalue weighted by Crippen LogP contribution is 2.28. The number of aromatic hydroxyl groups is 1. The topological polar surface area (TPSA) is 67.1 Å². The van der Waals surface area contributed by atoms with Crippen LogP contribution in [0.15, 0.2) is 39.5 Å². The van der Waals surface area contributed by atoms with Crippen LogP contribution in [0.5, 0.6) is 5.75 Å². The highest BCUT2D eigenvalue weighted by molar-refractivity contribution is 6.35. The molecule has 1 atom stereocenters. The zero-order valence-electron chi connectivity index (χ0n) is 14.1. The minimum atomic E-state index is -0.525. The van der Waals surface area contributed by atoms with Crippen LogP contribution in [0.25, 0.3) is 11.0 Å². The average molecular weight is 397 g/mol. The van der Waals surface area contributed by atoms with Gasteiger partial charge in [-0.05, 0) is 38.1 Å². The quantitative estimate of drug-likeness (QED) is 0.515. The van der Waals surface area contributed by atoms with Gasteiger partial charge in [-0.1, -0.05) is 23.2 Å². The summed E-state index contributed by atoms with van der Waals surface area (Å²) in [5, 5.41) is 12.9. The number of fused-ring (bicyclic) bond motifs is 1. The van der Waals surface area contributed by atoms with Crippen LogP contribution in [-0.4, -0.2) is 5.11 Å². The summed E-state index contributed by atoms with van der Waals surface area (Å²) >= 11 is 11.9. The molecule has 4 nitrogen and oxygen atoms in total. The minimum Gasteiger partial charge on any atom is -0.508 e. The third kappa shape index (κ3) is 3.56. The van der Waals surface area contributed by atoms with E-state index in [2.05, 4.69) is 0 Å². The van der Waals surface area contributed by atoms with Crippen molar-refractivity contribution in [1.29, 1.82) is 0 Å². The summed E-state index contributed by atoms with van der Waals surface area (Å²) < 4.78 is 19.0. The van der Waals surface area contributed by atoms with E-state index in [1.807, 2.05) is 12.2 Å². The summed E-state index contributed by atoms with van der Waals surface area (Å²) in [6.45, 7) is 4.03. The SMILES string of the molecule is Cc1c(O)ccc2c(C[NH2+][C@H](C)c3cc(F)c(Cl)cc3Cl)cc(=O)oc12. The molecule has 0 spiro atoms. The minimum absolute atomic E-state index is 0.0205. The fraction of sp³-hybridized carbons (Fsp3) is 0.211. The summed E-state index contributed by atoms with van der Waals surface area (Å²) in [5.41, 5.74) is 1.77. The van der Waals surface area contributed by atoms with Crippen LogP contribution in [0.3, 0.4) is 0 Å². The standard InChI is InChI=1S/C19H16Cl2FNO3/c1-9-17(24)4-3-12-11(5-18(25)26-19(9)12)8-23-10(2)13-6-16(22)15(21)7-14(13)20/h3-7,10,23-24H,8H2,1-2H3/p+1/t10-/m1/s1. The van der Waals surface area contributed by atoms with Gasteiger partial charge in [0, 0.05) is 28.1 Å². The molecule has 0 saturated heterocycles. The van der Waals surface area contributed by atoms with Gasteiger partial charge in [-0.15, -0.1) is 0 Å². The molecule has 0 aliphatic rings. The summed E-state index contributed by atoms with van der Waals surface area (Å²) in [6.07, 6.45) is 0. The van der Waals surface area contributed by atoms with Crippen molar-refractivity contribution >= 4 is 34.2 Å². The van der Waals surface area contributed by atoms with Gasteiger partial charge in [0.2, 0.25) is 0 Å². The molecule has 0 amide bonds. The molecule has 1 aromatic heterocycles. The second-order valence-corrected chi connectivity index (χ2v) is 7.01. The summed E-state index contributed by atoms with van der Waals surface area (Å²) in [4.78, 5) is 11.9. The Hall–Kier alpha value is -2.08. The maximum absolute atomic E-state index is 13.7. The molecule has 0 radical (unpaired) electrons. The third-order valence-electron chi connectivity index (χ3n) is 4.44. The zero-order valence-corrected chi connectivity index (χ0v) is 15.7. The number of benzene rings is 2. The summed E-state index contributed by atoms with van der Waals surface area (Å²) in [6, 6.07) is 7.25. The van der Waals surface area contributed by atoms with E-state index in [0.717, 1.165) is 10.9 Å². The van der Waals surface area contributed by atoms with Crippen LogP contribution in [0.4, 0.5) is 4.39 Å². The lowest BCUT2D eigenvalue weighted by atomic mass is 10.0. The Kier molecular flexibility index (Phi) is 5.23. The fourth-order valence-corrected chi connectivity index (χ4v) is 3.46. The highest BCUT2D eigenvalue weighted by atomic mass is 35.5. The number of phenols is 1. The Morgan fingerprint density at radius 3 is 2.69 bits per heavy atom. The Balaban J connectivity index is 1.92. The van der Waals surface area contributed by atoms with Crippen molar-refractivity contribution in [3.8, 4) is 5.75 Å². The molecule has 0 fully saturated rings. The number of hydrogen-bond acceptors (Lipinski definition) is 3. The molecule has 3 aromatic rings. The Morgan fingerprint density at radius 2 is 1.96 bits per heavy atom. The first-order chi connectivity index (χ1) is 12.3. The second kappa shape index (κ2) is 7.27. The molecular weight excluding hydrogens is 380 g/mol. The van der Waals surface area contributed by atoms with Crippen molar-refractivity contribution in [2.24, 2.45) is 0 Å². The van der Waals surface area contributed by atoms with E-state index in [9.17, 15) is 14.3 Å². The predicted molar refractivity (Wildman–Crippen MR) is 99.4 cm³/mol. The average Bonchev–Trinajstić information content (AvgIpc) is 2.59. The second-order valence-electron chi connectivity index (χ2n) is 6.19. The van der Waals surface area contributed by atoms with Crippen LogP contribution in [0.1, 0.15) is 29.7 Å². The first-order valence-electron chi connectivity index (χ1n) is 8.01. The van der Waals surface area contributed by atoms with E-state index >= 15 is 0 Å². The number of phenolic OH excluding ortho intramolecular Hbond substituents is 1. The third-order valence-corrected chi connectivity index (χ3v) is 5.06. The van der Waals surface area contributed by atoms with E-state index in [0.29, 0.717) is 28.3 Å². The van der Waals surface area contributed by atoms with Gasteiger partial charge in [0.15, 0.2) is 0 Å². The molecule has 7 heteroatoms. The molecule has 26 heavy (non-hydrogen) atoms. The molecule has 1 heterocycles. The van der Waals surface area contributed by atoms with E-state index in [-0.39, 0.29) is 16.8 Å². The lowest BCUT2D eigenvalue weighted by molar-refractivity contribution is -0.707. The molecule has 0 aliphatic carbocycles. The van der Waals surface area contributed by atoms with Gasteiger partial charge >= 0.3 is 5.63 Å². The molecule has 0 aliphatic heterocycles. The fourth-order valence-electron chi connectivity index (χ4n) is 2.90. The molecule has 0 unspecified atom stereocenters. The monoisotopic (exact) mass is 396 g/mol. The van der Waals surface area contributed by atoms with Crippen molar-refractivity contribution < 1.29 is 19.2 Å². The van der Waals surface area contributed by atoms with Gasteiger partial charge in [-0.3, -0.25) is 0 Å². The van der Waals surface area contributed by atoms with Crippen LogP contribution in [0.2, 0.25) is 10.0 Å². The van der Waals surface area contributed by atoms with Crippen LogP contribution in [-0.2, 0) is 6.54 Å². The molecule has 0 saturated carbocycles. The van der Waals surface area contributed by atoms with Gasteiger partial charge in [0.1, 0.15) is 29.7 Å². The van der Waals surface area contributed by atoms with E-state index in [4.69, 9.17) is 27.6 Å². The van der Waals surface area contributed by atoms with Crippen LogP contribution >= 0.6 is 23.2 Å². The largest absolute Gasteiger partial charge is 0.508 e. The van der Waals surface area contributed by atoms with E-state index in [1.54, 1.807) is 19.1 Å². The number of nitrogens with two attached hydrogens (primary N) is 1. The predicted octanol–water partition coefficient (Wildman–Crippen LogP) is 4.08. The molecule has 0 bridgehead atoms. The molecule has 136 valence electrons. The van der Waals surface area contributed by atoms with Crippen LogP contribution in [0, 0.1) is 12.7 Å². The Labute approximate surface area is 159 Å². The first kappa shape index (κ1) is 18.7. The summed E-state index contributed by atoms with van der Waals surface area (Å²) in [5.74, 6) is -0.457. The van der Waals surface area contributed by atoms with Crippen molar-refractivity contribution in [1.82, 2.24) is 0 Å². The molecular formula is C19H17Cl2FNO3+. The maximum atomic E-state index is 13.7. The number of aryl methyl sites for hydroxylation is 1. The van der Waals surface area contributed by atoms with Gasteiger partial charge in [-0.25, -0.2) is 9.18 Å².